The summed E-state index contributed by atoms with van der Waals surface area (Å²) < 4.78 is 7.46. The Hall–Kier alpha value is -3.82. The number of imidazole rings is 1. The molecule has 0 aliphatic carbocycles. The number of Topliss-reactive ketones (excluding diaryl/α,β-unsaturated/α-hetero) is 1. The van der Waals surface area contributed by atoms with Crippen LogP contribution in [0.5, 0.6) is 0 Å². The van der Waals surface area contributed by atoms with Crippen LogP contribution in [0.25, 0.3) is 0 Å². The number of aromatic nitrogens is 2. The summed E-state index contributed by atoms with van der Waals surface area (Å²) >= 11 is 0. The lowest BCUT2D eigenvalue weighted by Crippen LogP contribution is -2.54. The lowest BCUT2D eigenvalue weighted by molar-refractivity contribution is -0.135. The third-order valence-corrected chi connectivity index (χ3v) is 8.07. The number of carbonyl (C=O) groups is 3. The Morgan fingerprint density at radius 1 is 1.02 bits per heavy atom. The fourth-order valence-electron chi connectivity index (χ4n) is 5.28. The summed E-state index contributed by atoms with van der Waals surface area (Å²) in [5.74, 6) is 0.446. The van der Waals surface area contributed by atoms with Crippen LogP contribution in [0.15, 0.2) is 73.2 Å². The Morgan fingerprint density at radius 2 is 1.64 bits per heavy atom. The Morgan fingerprint density at radius 3 is 2.18 bits per heavy atom. The minimum absolute atomic E-state index is 0.131. The van der Waals surface area contributed by atoms with Gasteiger partial charge in [-0.2, -0.15) is 0 Å². The fraction of sp³-hybridized carbons (Fsp3) is 0.500. The first-order valence-electron chi connectivity index (χ1n) is 16.1. The number of amides is 2. The van der Waals surface area contributed by atoms with E-state index in [4.69, 9.17) is 10.5 Å². The van der Waals surface area contributed by atoms with Crippen molar-refractivity contribution < 1.29 is 19.1 Å². The minimum Gasteiger partial charge on any atom is -0.374 e. The van der Waals surface area contributed by atoms with Crippen LogP contribution in [-0.2, 0) is 32.1 Å². The van der Waals surface area contributed by atoms with E-state index in [1.54, 1.807) is 20.2 Å². The van der Waals surface area contributed by atoms with E-state index in [9.17, 15) is 14.4 Å². The number of likely N-dealkylation sites (tertiary alicyclic amines) is 1. The Kier molecular flexibility index (Phi) is 14.0. The molecular formula is C36H51N5O4. The summed E-state index contributed by atoms with van der Waals surface area (Å²) in [6.07, 6.45) is 9.48. The Bertz CT molecular complexity index is 1330. The summed E-state index contributed by atoms with van der Waals surface area (Å²) in [4.78, 5) is 43.1. The van der Waals surface area contributed by atoms with Crippen molar-refractivity contribution in [2.75, 3.05) is 19.7 Å². The quantitative estimate of drug-likeness (QED) is 0.276. The molecule has 2 heterocycles. The lowest BCUT2D eigenvalue weighted by Gasteiger charge is -2.34. The molecule has 2 atom stereocenters. The molecule has 0 saturated carbocycles. The first kappa shape index (κ1) is 35.7. The maximum absolute atomic E-state index is 13.3. The summed E-state index contributed by atoms with van der Waals surface area (Å²) in [5, 5.41) is 2.60. The second-order valence-corrected chi connectivity index (χ2v) is 12.4. The predicted molar refractivity (Wildman–Crippen MR) is 177 cm³/mol. The number of nitrogens with one attached hydrogen (secondary N) is 1. The monoisotopic (exact) mass is 617 g/mol. The number of benzene rings is 2. The second-order valence-electron chi connectivity index (χ2n) is 12.4. The number of rotatable bonds is 13. The molecule has 0 spiro atoms. The van der Waals surface area contributed by atoms with Gasteiger partial charge in [-0.1, -0.05) is 87.4 Å². The van der Waals surface area contributed by atoms with Crippen molar-refractivity contribution in [1.82, 2.24) is 19.8 Å². The zero-order valence-corrected chi connectivity index (χ0v) is 27.6. The zero-order chi connectivity index (χ0) is 32.8. The minimum atomic E-state index is -1.02. The van der Waals surface area contributed by atoms with E-state index >= 15 is 0 Å². The number of nitrogens with two attached hydrogens (primary N) is 1. The largest absolute Gasteiger partial charge is 0.374 e. The molecule has 244 valence electrons. The topological polar surface area (TPSA) is 120 Å². The van der Waals surface area contributed by atoms with Gasteiger partial charge in [0.15, 0.2) is 5.78 Å². The molecule has 1 aliphatic rings. The number of ketones is 1. The lowest BCUT2D eigenvalue weighted by atomic mass is 9.92. The molecule has 45 heavy (non-hydrogen) atoms. The average molecular weight is 618 g/mol. The number of piperidine rings is 1. The average Bonchev–Trinajstić information content (AvgIpc) is 3.51. The van der Waals surface area contributed by atoms with Crippen LogP contribution in [0.3, 0.4) is 0 Å². The smallest absolute Gasteiger partial charge is 0.250 e. The molecule has 2 amide bonds. The highest BCUT2D eigenvalue weighted by Gasteiger charge is 2.30. The van der Waals surface area contributed by atoms with Gasteiger partial charge in [0.1, 0.15) is 12.1 Å². The number of aryl methyl sites for hydroxylation is 1. The van der Waals surface area contributed by atoms with Crippen LogP contribution in [0.4, 0.5) is 0 Å². The Labute approximate surface area is 268 Å². The third-order valence-electron chi connectivity index (χ3n) is 8.07. The van der Waals surface area contributed by atoms with Gasteiger partial charge in [0.25, 0.3) is 0 Å². The van der Waals surface area contributed by atoms with Crippen molar-refractivity contribution in [3.05, 3.63) is 90.0 Å². The number of carbonyl (C=O) groups excluding carboxylic acids is 3. The highest BCUT2D eigenvalue weighted by Crippen LogP contribution is 2.27. The van der Waals surface area contributed by atoms with Gasteiger partial charge in [0.05, 0.1) is 30.8 Å². The van der Waals surface area contributed by atoms with Gasteiger partial charge in [-0.25, -0.2) is 4.98 Å². The van der Waals surface area contributed by atoms with Crippen LogP contribution in [-0.4, -0.2) is 63.3 Å². The van der Waals surface area contributed by atoms with Crippen LogP contribution >= 0.6 is 0 Å². The van der Waals surface area contributed by atoms with E-state index in [2.05, 4.69) is 29.0 Å². The third kappa shape index (κ3) is 11.2. The van der Waals surface area contributed by atoms with E-state index in [0.29, 0.717) is 6.61 Å². The fourth-order valence-corrected chi connectivity index (χ4v) is 5.28. The van der Waals surface area contributed by atoms with Crippen LogP contribution in [0, 0.1) is 5.92 Å². The van der Waals surface area contributed by atoms with Crippen molar-refractivity contribution in [2.45, 2.75) is 91.0 Å². The molecule has 2 unspecified atom stereocenters. The van der Waals surface area contributed by atoms with Crippen molar-refractivity contribution >= 4 is 17.6 Å². The number of hydrogen-bond donors (Lipinski definition) is 2. The Balaban J connectivity index is 0.000000253. The molecule has 9 nitrogen and oxygen atoms in total. The molecule has 1 aromatic heterocycles. The van der Waals surface area contributed by atoms with Gasteiger partial charge in [-0.3, -0.25) is 14.4 Å². The number of nitrogens with zero attached hydrogens (tertiary/aromatic N) is 3. The first-order chi connectivity index (χ1) is 21.5. The van der Waals surface area contributed by atoms with E-state index < -0.39 is 11.6 Å². The van der Waals surface area contributed by atoms with Crippen LogP contribution in [0.2, 0.25) is 0 Å². The molecule has 4 rings (SSSR count). The SMILES string of the molecule is CC(=O)C(COCc1ccccc1)NC(=O)C(C)(C)N.CCCC1CCN(C(=O)C(c2ccccc2)n2cnc(CC)c2)CC1. The van der Waals surface area contributed by atoms with Gasteiger partial charge >= 0.3 is 0 Å². The molecule has 0 bridgehead atoms. The normalized spacial score (nSPS) is 15.0. The maximum Gasteiger partial charge on any atom is 0.250 e. The van der Waals surface area contributed by atoms with Crippen molar-refractivity contribution in [3.8, 4) is 0 Å². The predicted octanol–water partition coefficient (Wildman–Crippen LogP) is 5.09. The molecule has 2 aromatic carbocycles. The molecule has 3 N–H and O–H groups in total. The van der Waals surface area contributed by atoms with Gasteiger partial charge < -0.3 is 25.3 Å². The highest BCUT2D eigenvalue weighted by molar-refractivity contribution is 5.91. The van der Waals surface area contributed by atoms with E-state index in [1.807, 2.05) is 71.4 Å². The van der Waals surface area contributed by atoms with Crippen molar-refractivity contribution in [1.29, 1.82) is 0 Å². The summed E-state index contributed by atoms with van der Waals surface area (Å²) in [6.45, 7) is 11.2. The van der Waals surface area contributed by atoms with Crippen molar-refractivity contribution in [2.24, 2.45) is 11.7 Å². The molecular weight excluding hydrogens is 566 g/mol. The zero-order valence-electron chi connectivity index (χ0n) is 27.6. The molecule has 9 heteroatoms. The van der Waals surface area contributed by atoms with Gasteiger partial charge in [0, 0.05) is 19.3 Å². The molecule has 1 saturated heterocycles. The number of hydrogen-bond acceptors (Lipinski definition) is 6. The molecule has 1 aliphatic heterocycles. The summed E-state index contributed by atoms with van der Waals surface area (Å²) in [6, 6.07) is 18.7. The molecule has 0 radical (unpaired) electrons. The maximum atomic E-state index is 13.3. The number of ether oxygens (including phenoxy) is 1. The van der Waals surface area contributed by atoms with Gasteiger partial charge in [0.2, 0.25) is 11.8 Å². The summed E-state index contributed by atoms with van der Waals surface area (Å²) in [7, 11) is 0. The van der Waals surface area contributed by atoms with Crippen LogP contribution in [0.1, 0.15) is 83.2 Å². The summed E-state index contributed by atoms with van der Waals surface area (Å²) in [5.41, 5.74) is 7.73. The van der Waals surface area contributed by atoms with Gasteiger partial charge in [-0.15, -0.1) is 0 Å². The molecule has 3 aromatic rings. The van der Waals surface area contributed by atoms with Gasteiger partial charge in [-0.05, 0) is 57.1 Å². The van der Waals surface area contributed by atoms with E-state index in [-0.39, 0.29) is 30.2 Å². The standard InChI is InChI=1S/C21H29N3O.C15H22N2O3/c1-3-8-17-11-13-23(14-12-17)21(25)20(18-9-6-5-7-10-18)24-15-19(4-2)22-16-24;1-11(18)13(17-14(19)15(2,3)16)10-20-9-12-7-5-4-6-8-12/h5-7,9-10,15-17,20H,3-4,8,11-14H2,1-2H3;4-8,13H,9-10,16H2,1-3H3,(H,17,19). The van der Waals surface area contributed by atoms with Crippen molar-refractivity contribution in [3.63, 3.8) is 0 Å². The molecule has 1 fully saturated rings. The highest BCUT2D eigenvalue weighted by atomic mass is 16.5. The first-order valence-corrected chi connectivity index (χ1v) is 16.1. The van der Waals surface area contributed by atoms with E-state index in [1.165, 1.54) is 19.8 Å². The van der Waals surface area contributed by atoms with Crippen LogP contribution < -0.4 is 11.1 Å². The van der Waals surface area contributed by atoms with E-state index in [0.717, 1.165) is 55.1 Å². The second kappa shape index (κ2) is 17.6.